The molecule has 0 aromatic carbocycles. The molecule has 0 spiro atoms. The Labute approximate surface area is 80.1 Å². The summed E-state index contributed by atoms with van der Waals surface area (Å²) in [6.45, 7) is 4.29. The average Bonchev–Trinajstić information content (AvgIpc) is 2.53. The second-order valence-corrected chi connectivity index (χ2v) is 4.35. The van der Waals surface area contributed by atoms with Gasteiger partial charge < -0.3 is 10.4 Å². The molecular weight excluding hydrogens is 164 g/mol. The summed E-state index contributed by atoms with van der Waals surface area (Å²) in [5.41, 5.74) is 0. The lowest BCUT2D eigenvalue weighted by Gasteiger charge is -2.27. The molecule has 2 fully saturated rings. The molecule has 2 aliphatic heterocycles. The summed E-state index contributed by atoms with van der Waals surface area (Å²) in [4.78, 5) is 2.38. The van der Waals surface area contributed by atoms with Crippen molar-refractivity contribution < 1.29 is 5.11 Å². The largest absolute Gasteiger partial charge is 0.392 e. The zero-order chi connectivity index (χ0) is 9.10. The monoisotopic (exact) mass is 184 g/mol. The van der Waals surface area contributed by atoms with Gasteiger partial charge in [0.25, 0.3) is 0 Å². The zero-order valence-electron chi connectivity index (χ0n) is 8.21. The van der Waals surface area contributed by atoms with Crippen LogP contribution in [0.1, 0.15) is 25.7 Å². The van der Waals surface area contributed by atoms with Crippen LogP contribution in [0.25, 0.3) is 0 Å². The lowest BCUT2D eigenvalue weighted by atomic mass is 10.0. The highest BCUT2D eigenvalue weighted by molar-refractivity contribution is 4.81. The van der Waals surface area contributed by atoms with Gasteiger partial charge in [0, 0.05) is 25.7 Å². The van der Waals surface area contributed by atoms with Gasteiger partial charge in [-0.05, 0) is 25.8 Å². The number of piperidine rings is 1. The van der Waals surface area contributed by atoms with Crippen molar-refractivity contribution in [2.75, 3.05) is 26.2 Å². The predicted molar refractivity (Wildman–Crippen MR) is 52.7 cm³/mol. The molecule has 2 aliphatic rings. The topological polar surface area (TPSA) is 35.5 Å². The highest BCUT2D eigenvalue weighted by Crippen LogP contribution is 2.13. The quantitative estimate of drug-likeness (QED) is 0.643. The van der Waals surface area contributed by atoms with Gasteiger partial charge in [0.1, 0.15) is 0 Å². The van der Waals surface area contributed by atoms with Crippen LogP contribution in [0.3, 0.4) is 0 Å². The van der Waals surface area contributed by atoms with E-state index in [0.717, 1.165) is 26.1 Å². The Kier molecular flexibility index (Phi) is 3.19. The molecule has 0 radical (unpaired) electrons. The van der Waals surface area contributed by atoms with Crippen molar-refractivity contribution in [1.29, 1.82) is 0 Å². The number of nitrogens with zero attached hydrogens (tertiary/aromatic N) is 1. The number of rotatable bonds is 2. The lowest BCUT2D eigenvalue weighted by molar-refractivity contribution is 0.169. The zero-order valence-corrected chi connectivity index (χ0v) is 8.21. The minimum absolute atomic E-state index is 0.0661. The second-order valence-electron chi connectivity index (χ2n) is 4.35. The van der Waals surface area contributed by atoms with Crippen molar-refractivity contribution in [2.24, 2.45) is 0 Å². The van der Waals surface area contributed by atoms with Gasteiger partial charge in [0.05, 0.1) is 6.10 Å². The first-order valence-electron chi connectivity index (χ1n) is 5.48. The van der Waals surface area contributed by atoms with Crippen molar-refractivity contribution in [2.45, 2.75) is 37.8 Å². The Morgan fingerprint density at radius 3 is 2.85 bits per heavy atom. The van der Waals surface area contributed by atoms with Gasteiger partial charge in [0.15, 0.2) is 0 Å². The maximum Gasteiger partial charge on any atom is 0.0679 e. The van der Waals surface area contributed by atoms with Crippen molar-refractivity contribution in [3.05, 3.63) is 0 Å². The number of nitrogens with one attached hydrogen (secondary N) is 1. The second kappa shape index (κ2) is 4.40. The molecule has 0 aromatic heterocycles. The van der Waals surface area contributed by atoms with E-state index < -0.39 is 0 Å². The van der Waals surface area contributed by atoms with Gasteiger partial charge in [0.2, 0.25) is 0 Å². The fourth-order valence-corrected chi connectivity index (χ4v) is 2.37. The smallest absolute Gasteiger partial charge is 0.0679 e. The van der Waals surface area contributed by atoms with Gasteiger partial charge >= 0.3 is 0 Å². The average molecular weight is 184 g/mol. The van der Waals surface area contributed by atoms with Crippen LogP contribution in [-0.2, 0) is 0 Å². The van der Waals surface area contributed by atoms with E-state index in [1.807, 2.05) is 0 Å². The van der Waals surface area contributed by atoms with E-state index in [9.17, 15) is 5.11 Å². The van der Waals surface area contributed by atoms with Gasteiger partial charge in [-0.2, -0.15) is 0 Å². The number of β-amino-alcohol motifs (C(OH)–C–C–N with tert-alkyl or cyclic N) is 1. The molecule has 0 aromatic rings. The number of aliphatic hydroxyl groups is 1. The predicted octanol–water partition coefficient (Wildman–Crippen LogP) is 0.195. The van der Waals surface area contributed by atoms with Crippen LogP contribution in [-0.4, -0.2) is 48.3 Å². The van der Waals surface area contributed by atoms with Crippen molar-refractivity contribution in [3.63, 3.8) is 0 Å². The summed E-state index contributed by atoms with van der Waals surface area (Å²) in [6, 6.07) is 0.680. The molecular formula is C10H20N2O. The van der Waals surface area contributed by atoms with Crippen LogP contribution >= 0.6 is 0 Å². The summed E-state index contributed by atoms with van der Waals surface area (Å²) in [7, 11) is 0. The summed E-state index contributed by atoms with van der Waals surface area (Å²) in [5, 5.41) is 12.9. The lowest BCUT2D eigenvalue weighted by Crippen LogP contribution is -2.43. The molecule has 0 aliphatic carbocycles. The fourth-order valence-electron chi connectivity index (χ4n) is 2.37. The summed E-state index contributed by atoms with van der Waals surface area (Å²) < 4.78 is 0. The molecule has 76 valence electrons. The molecule has 2 saturated heterocycles. The van der Waals surface area contributed by atoms with Gasteiger partial charge in [-0.3, -0.25) is 4.90 Å². The van der Waals surface area contributed by atoms with E-state index in [1.54, 1.807) is 0 Å². The number of aliphatic hydroxyl groups excluding tert-OH is 1. The minimum Gasteiger partial charge on any atom is -0.392 e. The van der Waals surface area contributed by atoms with E-state index in [-0.39, 0.29) is 6.10 Å². The van der Waals surface area contributed by atoms with Crippen molar-refractivity contribution in [1.82, 2.24) is 10.2 Å². The first kappa shape index (κ1) is 9.44. The maximum absolute atomic E-state index is 9.37. The first-order chi connectivity index (χ1) is 6.34. The van der Waals surface area contributed by atoms with E-state index in [0.29, 0.717) is 6.04 Å². The Morgan fingerprint density at radius 1 is 1.31 bits per heavy atom. The normalized spacial score (nSPS) is 36.7. The van der Waals surface area contributed by atoms with Crippen LogP contribution in [0.2, 0.25) is 0 Å². The van der Waals surface area contributed by atoms with Gasteiger partial charge in [-0.25, -0.2) is 0 Å². The highest BCUT2D eigenvalue weighted by atomic mass is 16.3. The van der Waals surface area contributed by atoms with E-state index in [2.05, 4.69) is 10.2 Å². The standard InChI is InChI=1S/C10H20N2O/c13-10-4-6-12(8-10)7-9-3-1-2-5-11-9/h9-11,13H,1-8H2/t9-,10+/m1/s1. The molecule has 2 rings (SSSR count). The fraction of sp³-hybridized carbons (Fsp3) is 1.00. The molecule has 3 nitrogen and oxygen atoms in total. The number of hydrogen-bond donors (Lipinski definition) is 2. The third-order valence-electron chi connectivity index (χ3n) is 3.14. The third-order valence-corrected chi connectivity index (χ3v) is 3.14. The summed E-state index contributed by atoms with van der Waals surface area (Å²) in [6.07, 6.45) is 4.91. The molecule has 13 heavy (non-hydrogen) atoms. The Bertz CT molecular complexity index is 154. The first-order valence-corrected chi connectivity index (χ1v) is 5.48. The molecule has 2 heterocycles. The van der Waals surface area contributed by atoms with Crippen molar-refractivity contribution in [3.8, 4) is 0 Å². The highest BCUT2D eigenvalue weighted by Gasteiger charge is 2.23. The van der Waals surface area contributed by atoms with Crippen LogP contribution in [0.15, 0.2) is 0 Å². The van der Waals surface area contributed by atoms with Crippen LogP contribution < -0.4 is 5.32 Å². The van der Waals surface area contributed by atoms with Crippen molar-refractivity contribution >= 4 is 0 Å². The minimum atomic E-state index is -0.0661. The molecule has 3 heteroatoms. The third kappa shape index (κ3) is 2.66. The molecule has 0 bridgehead atoms. The van der Waals surface area contributed by atoms with E-state index in [1.165, 1.54) is 25.8 Å². The molecule has 0 saturated carbocycles. The summed E-state index contributed by atoms with van der Waals surface area (Å²) >= 11 is 0. The van der Waals surface area contributed by atoms with Gasteiger partial charge in [-0.15, -0.1) is 0 Å². The Hall–Kier alpha value is -0.120. The Balaban J connectivity index is 1.71. The number of likely N-dealkylation sites (tertiary alicyclic amines) is 1. The SMILES string of the molecule is O[C@H]1CCN(C[C@H]2CCCCN2)C1. The maximum atomic E-state index is 9.37. The summed E-state index contributed by atoms with van der Waals surface area (Å²) in [5.74, 6) is 0. The molecule has 2 atom stereocenters. The molecule has 0 unspecified atom stereocenters. The van der Waals surface area contributed by atoms with Crippen LogP contribution in [0.5, 0.6) is 0 Å². The van der Waals surface area contributed by atoms with E-state index >= 15 is 0 Å². The van der Waals surface area contributed by atoms with Crippen LogP contribution in [0, 0.1) is 0 Å². The molecule has 2 N–H and O–H groups in total. The van der Waals surface area contributed by atoms with Gasteiger partial charge in [-0.1, -0.05) is 6.42 Å². The number of hydrogen-bond acceptors (Lipinski definition) is 3. The molecule has 0 amide bonds. The van der Waals surface area contributed by atoms with E-state index in [4.69, 9.17) is 0 Å². The van der Waals surface area contributed by atoms with Crippen LogP contribution in [0.4, 0.5) is 0 Å². The Morgan fingerprint density at radius 2 is 2.23 bits per heavy atom.